The van der Waals surface area contributed by atoms with E-state index in [2.05, 4.69) is 34.6 Å². The van der Waals surface area contributed by atoms with E-state index in [-0.39, 0.29) is 36.4 Å². The molecule has 8 rings (SSSR count). The Hall–Kier alpha value is -1.02. The topological polar surface area (TPSA) is 318 Å². The Labute approximate surface area is 392 Å². The van der Waals surface area contributed by atoms with E-state index in [1.807, 2.05) is 13.0 Å². The van der Waals surface area contributed by atoms with Gasteiger partial charge in [0, 0.05) is 16.7 Å². The first-order valence-corrected chi connectivity index (χ1v) is 24.5. The van der Waals surface area contributed by atoms with E-state index in [1.165, 1.54) is 6.92 Å². The largest absolute Gasteiger partial charge is 0.396 e. The minimum atomic E-state index is -1.91. The zero-order valence-electron chi connectivity index (χ0n) is 40.0. The van der Waals surface area contributed by atoms with E-state index in [9.17, 15) is 66.4 Å². The van der Waals surface area contributed by atoms with Gasteiger partial charge in [-0.05, 0) is 91.8 Å². The second-order valence-electron chi connectivity index (χ2n) is 23.6. The fourth-order valence-corrected chi connectivity index (χ4v) is 15.3. The van der Waals surface area contributed by atoms with Gasteiger partial charge in [-0.2, -0.15) is 0 Å². The number of hydrogen-bond acceptors (Lipinski definition) is 19. The highest BCUT2D eigenvalue weighted by atomic mass is 16.8. The third-order valence-corrected chi connectivity index (χ3v) is 19.5. The van der Waals surface area contributed by atoms with Gasteiger partial charge in [0.25, 0.3) is 0 Å². The minimum Gasteiger partial charge on any atom is -0.396 e. The Kier molecular flexibility index (Phi) is 14.4. The molecule has 5 aliphatic carbocycles. The van der Waals surface area contributed by atoms with E-state index >= 15 is 0 Å². The lowest BCUT2D eigenvalue weighted by Gasteiger charge is -2.72. The molecular weight excluding hydrogens is 881 g/mol. The summed E-state index contributed by atoms with van der Waals surface area (Å²) < 4.78 is 37.1. The predicted octanol–water partition coefficient (Wildman–Crippen LogP) is -1.44. The third kappa shape index (κ3) is 8.05. The molecule has 0 aromatic heterocycles. The maximum atomic E-state index is 12.6. The Morgan fingerprint density at radius 3 is 1.73 bits per heavy atom. The summed E-state index contributed by atoms with van der Waals surface area (Å²) >= 11 is 0. The van der Waals surface area contributed by atoms with Gasteiger partial charge in [-0.1, -0.05) is 53.2 Å². The number of rotatable bonds is 10. The highest BCUT2D eigenvalue weighted by Gasteiger charge is 2.72. The molecule has 3 heterocycles. The Morgan fingerprint density at radius 2 is 1.18 bits per heavy atom. The van der Waals surface area contributed by atoms with Crippen LogP contribution in [0.3, 0.4) is 0 Å². The number of ether oxygens (including phenoxy) is 6. The van der Waals surface area contributed by atoms with Crippen LogP contribution in [-0.2, 0) is 28.4 Å². The van der Waals surface area contributed by atoms with Crippen LogP contribution in [-0.4, -0.2) is 203 Å². The second kappa shape index (κ2) is 18.5. The third-order valence-electron chi connectivity index (χ3n) is 19.5. The molecule has 19 heteroatoms. The van der Waals surface area contributed by atoms with Gasteiger partial charge in [0.05, 0.1) is 50.8 Å². The van der Waals surface area contributed by atoms with Crippen molar-refractivity contribution in [2.24, 2.45) is 50.2 Å². The van der Waals surface area contributed by atoms with Crippen LogP contribution in [0.5, 0.6) is 0 Å². The van der Waals surface area contributed by atoms with E-state index in [0.717, 1.165) is 18.4 Å². The molecule has 0 amide bonds. The molecule has 0 bridgehead atoms. The molecule has 8 aliphatic rings. The summed E-state index contributed by atoms with van der Waals surface area (Å²) in [7, 11) is 0. The van der Waals surface area contributed by atoms with Crippen molar-refractivity contribution in [3.05, 3.63) is 11.6 Å². The first-order valence-electron chi connectivity index (χ1n) is 24.5. The van der Waals surface area contributed by atoms with Crippen molar-refractivity contribution in [1.29, 1.82) is 0 Å². The predicted molar refractivity (Wildman–Crippen MR) is 233 cm³/mol. The van der Waals surface area contributed by atoms with Gasteiger partial charge in [0.15, 0.2) is 18.9 Å². The lowest BCUT2D eigenvalue weighted by atomic mass is 9.33. The highest BCUT2D eigenvalue weighted by Crippen LogP contribution is 2.76. The van der Waals surface area contributed by atoms with Crippen molar-refractivity contribution in [2.75, 3.05) is 26.4 Å². The van der Waals surface area contributed by atoms with Crippen LogP contribution in [0.25, 0.3) is 0 Å². The summed E-state index contributed by atoms with van der Waals surface area (Å²) in [6.07, 6.45) is -20.1. The maximum Gasteiger partial charge on any atom is 0.187 e. The molecule has 386 valence electrons. The molecule has 13 N–H and O–H groups in total. The van der Waals surface area contributed by atoms with E-state index in [1.54, 1.807) is 0 Å². The lowest BCUT2D eigenvalue weighted by Crippen LogP contribution is -2.70. The summed E-state index contributed by atoms with van der Waals surface area (Å²) in [5.41, 5.74) is -2.16. The zero-order valence-corrected chi connectivity index (χ0v) is 40.0. The molecule has 26 atom stereocenters. The fourth-order valence-electron chi connectivity index (χ4n) is 15.3. The van der Waals surface area contributed by atoms with Crippen molar-refractivity contribution in [3.63, 3.8) is 0 Å². The smallest absolute Gasteiger partial charge is 0.187 e. The van der Waals surface area contributed by atoms with Gasteiger partial charge in [-0.15, -0.1) is 0 Å². The Bertz CT molecular complexity index is 1790. The van der Waals surface area contributed by atoms with Gasteiger partial charge >= 0.3 is 0 Å². The normalized spacial score (nSPS) is 56.5. The van der Waals surface area contributed by atoms with Crippen LogP contribution < -0.4 is 0 Å². The van der Waals surface area contributed by atoms with Crippen molar-refractivity contribution in [2.45, 2.75) is 210 Å². The van der Waals surface area contributed by atoms with Gasteiger partial charge in [0.2, 0.25) is 0 Å². The van der Waals surface area contributed by atoms with E-state index in [4.69, 9.17) is 28.4 Å². The molecule has 0 radical (unpaired) electrons. The number of aliphatic hydroxyl groups excluding tert-OH is 13. The fraction of sp³-hybridized carbons (Fsp3) is 0.958. The average Bonchev–Trinajstić information content (AvgIpc) is 3.28. The summed E-state index contributed by atoms with van der Waals surface area (Å²) in [4.78, 5) is 0. The molecule has 0 spiro atoms. The standard InChI is InChI=1S/C48H80O19/c1-21-30(55)37(66-40-35(60)33(58)31(56)25(17-49)63-40)38(67-41-36(61)34(59)32(57)26(18-50)64-41)42(62-21)65-29-9-10-44(4)27(45(29,5)19-51)8-11-46(6)39(44)24(53)14-22-23-15-43(2,3)12-13-48(23,20-52)28(54)16-47(22,46)7/h14,21,23-42,49-61H,8-13,15-20H2,1-7H3/t21-,23?,24?,25-,26-,27?,28-,29+,30+,31-,32-,33+,34+,35-,36-,37+,38-,39?,40+,41+,42+,44+,45+,46-,47-,48?/m1/s1. The molecule has 3 aliphatic heterocycles. The molecule has 3 saturated heterocycles. The van der Waals surface area contributed by atoms with Crippen LogP contribution in [0.15, 0.2) is 11.6 Å². The molecular formula is C48H80O19. The lowest BCUT2D eigenvalue weighted by molar-refractivity contribution is -0.398. The van der Waals surface area contributed by atoms with Gasteiger partial charge in [-0.25, -0.2) is 0 Å². The van der Waals surface area contributed by atoms with Crippen molar-refractivity contribution in [1.82, 2.24) is 0 Å². The van der Waals surface area contributed by atoms with Gasteiger partial charge < -0.3 is 94.8 Å². The van der Waals surface area contributed by atoms with E-state index in [0.29, 0.717) is 38.5 Å². The minimum absolute atomic E-state index is 0.0152. The maximum absolute atomic E-state index is 12.6. The molecule has 0 aromatic rings. The number of fused-ring (bicyclic) bond motifs is 7. The molecule has 7 fully saturated rings. The molecule has 0 aromatic carbocycles. The summed E-state index contributed by atoms with van der Waals surface area (Å²) in [5.74, 6) is -0.654. The Balaban J connectivity index is 1.12. The average molecular weight is 961 g/mol. The summed E-state index contributed by atoms with van der Waals surface area (Å²) in [5, 5.41) is 143. The van der Waals surface area contributed by atoms with Crippen LogP contribution in [0.1, 0.15) is 99.8 Å². The van der Waals surface area contributed by atoms with Crippen LogP contribution in [0, 0.1) is 50.2 Å². The summed E-state index contributed by atoms with van der Waals surface area (Å²) in [6, 6.07) is 0. The first-order chi connectivity index (χ1) is 31.3. The van der Waals surface area contributed by atoms with E-state index < -0.39 is 151 Å². The Morgan fingerprint density at radius 1 is 0.597 bits per heavy atom. The van der Waals surface area contributed by atoms with Gasteiger partial charge in [0.1, 0.15) is 67.1 Å². The zero-order chi connectivity index (χ0) is 49.1. The first kappa shape index (κ1) is 52.3. The molecule has 19 nitrogen and oxygen atoms in total. The SMILES string of the molecule is C[C@H]1O[C@@H](O[C@H]2CC[C@@]3(C)C(CC[C@]4(C)C3C(O)C=C3C5CC(C)(C)CCC5(CO)[C@H](O)C[C@]34C)[C@]2(C)CO)[C@H](O[C@@H]2O[C@H](CO)[C@@H](O)[C@H](O)[C@H]2O)[C@@H](O[C@@H]2O[C@H](CO)[C@@H](O)[C@H](O)[C@H]2O)[C@H]1O. The number of aliphatic hydroxyl groups is 13. The van der Waals surface area contributed by atoms with Crippen molar-refractivity contribution in [3.8, 4) is 0 Å². The van der Waals surface area contributed by atoms with Crippen molar-refractivity contribution >= 4 is 0 Å². The quantitative estimate of drug-likeness (QED) is 0.0881. The van der Waals surface area contributed by atoms with Crippen LogP contribution >= 0.6 is 0 Å². The van der Waals surface area contributed by atoms with Crippen LogP contribution in [0.4, 0.5) is 0 Å². The van der Waals surface area contributed by atoms with Crippen molar-refractivity contribution < 1.29 is 94.8 Å². The monoisotopic (exact) mass is 961 g/mol. The summed E-state index contributed by atoms with van der Waals surface area (Å²) in [6.45, 7) is 12.6. The second-order valence-corrected chi connectivity index (χ2v) is 23.6. The molecule has 67 heavy (non-hydrogen) atoms. The number of hydrogen-bond donors (Lipinski definition) is 13. The molecule has 4 saturated carbocycles. The van der Waals surface area contributed by atoms with Gasteiger partial charge in [-0.3, -0.25) is 0 Å². The highest BCUT2D eigenvalue weighted by molar-refractivity contribution is 5.37. The number of allylic oxidation sites excluding steroid dienone is 1. The van der Waals surface area contributed by atoms with Crippen LogP contribution in [0.2, 0.25) is 0 Å². The molecule has 5 unspecified atom stereocenters.